The standard InChI is InChI=1S/C26H28O7S/c27-22-13-11-20(12-14-22)25(28)7-3-5-24(34(30,31)32)17-10-19-8-15-23(16-9-19)33-18-21-4-1-2-6-26(21)29/h1-4,6-9,11-16,24-25,27-29H,5,10,17-18H2,(H,30,31,32). The van der Waals surface area contributed by atoms with Gasteiger partial charge in [-0.15, -0.1) is 0 Å². The van der Waals surface area contributed by atoms with Crippen molar-refractivity contribution in [2.45, 2.75) is 37.2 Å². The first-order valence-corrected chi connectivity index (χ1v) is 12.3. The molecule has 0 heterocycles. The number of benzene rings is 3. The van der Waals surface area contributed by atoms with Crippen LogP contribution in [0.2, 0.25) is 0 Å². The van der Waals surface area contributed by atoms with Crippen molar-refractivity contribution < 1.29 is 33.0 Å². The number of hydrogen-bond donors (Lipinski definition) is 4. The molecule has 0 aliphatic carbocycles. The van der Waals surface area contributed by atoms with Crippen LogP contribution in [0.5, 0.6) is 17.2 Å². The smallest absolute Gasteiger partial charge is 0.268 e. The van der Waals surface area contributed by atoms with Gasteiger partial charge in [-0.2, -0.15) is 8.42 Å². The summed E-state index contributed by atoms with van der Waals surface area (Å²) in [4.78, 5) is 0. The SMILES string of the molecule is O=S(=O)(O)C(CC=CC(O)c1ccc(O)cc1)CCc1ccc(OCc2ccccc2O)cc1. The van der Waals surface area contributed by atoms with Gasteiger partial charge in [0.15, 0.2) is 0 Å². The Hall–Kier alpha value is -3.33. The van der Waals surface area contributed by atoms with Crippen LogP contribution in [-0.4, -0.2) is 33.5 Å². The lowest BCUT2D eigenvalue weighted by atomic mass is 10.1. The van der Waals surface area contributed by atoms with E-state index < -0.39 is 21.5 Å². The van der Waals surface area contributed by atoms with E-state index >= 15 is 0 Å². The Morgan fingerprint density at radius 1 is 0.912 bits per heavy atom. The van der Waals surface area contributed by atoms with Crippen molar-refractivity contribution in [3.05, 3.63) is 102 Å². The molecule has 180 valence electrons. The van der Waals surface area contributed by atoms with Crippen LogP contribution in [-0.2, 0) is 23.1 Å². The Labute approximate surface area is 199 Å². The Morgan fingerprint density at radius 2 is 1.59 bits per heavy atom. The maximum atomic E-state index is 11.8. The number of phenolic OH excluding ortho intramolecular Hbond substituents is 2. The minimum absolute atomic E-state index is 0.0513. The number of aryl methyl sites for hydroxylation is 1. The van der Waals surface area contributed by atoms with Crippen molar-refractivity contribution in [1.82, 2.24) is 0 Å². The molecule has 4 N–H and O–H groups in total. The van der Waals surface area contributed by atoms with Crippen molar-refractivity contribution in [2.75, 3.05) is 0 Å². The molecule has 0 fully saturated rings. The second-order valence-corrected chi connectivity index (χ2v) is 9.63. The van der Waals surface area contributed by atoms with Crippen molar-refractivity contribution in [2.24, 2.45) is 0 Å². The lowest BCUT2D eigenvalue weighted by Gasteiger charge is -2.13. The van der Waals surface area contributed by atoms with Crippen LogP contribution in [0.25, 0.3) is 0 Å². The third kappa shape index (κ3) is 7.62. The molecule has 7 nitrogen and oxygen atoms in total. The quantitative estimate of drug-likeness (QED) is 0.233. The predicted octanol–water partition coefficient (Wildman–Crippen LogP) is 4.55. The van der Waals surface area contributed by atoms with Gasteiger partial charge >= 0.3 is 0 Å². The van der Waals surface area contributed by atoms with Crippen LogP contribution in [0, 0.1) is 0 Å². The maximum absolute atomic E-state index is 11.8. The summed E-state index contributed by atoms with van der Waals surface area (Å²) in [6.07, 6.45) is 2.73. The monoisotopic (exact) mass is 484 g/mol. The summed E-state index contributed by atoms with van der Waals surface area (Å²) in [7, 11) is -4.27. The van der Waals surface area contributed by atoms with Crippen molar-refractivity contribution in [3.63, 3.8) is 0 Å². The number of phenols is 2. The lowest BCUT2D eigenvalue weighted by Crippen LogP contribution is -2.20. The number of aliphatic hydroxyl groups excluding tert-OH is 1. The number of allylic oxidation sites excluding steroid dienone is 1. The number of hydrogen-bond acceptors (Lipinski definition) is 6. The Bertz CT molecular complexity index is 1190. The van der Waals surface area contributed by atoms with E-state index in [-0.39, 0.29) is 30.9 Å². The van der Waals surface area contributed by atoms with Gasteiger partial charge in [0.25, 0.3) is 10.1 Å². The van der Waals surface area contributed by atoms with Crippen molar-refractivity contribution in [3.8, 4) is 17.2 Å². The molecule has 2 unspecified atom stereocenters. The molecule has 0 amide bonds. The van der Waals surface area contributed by atoms with E-state index in [1.807, 2.05) is 18.2 Å². The fraction of sp³-hybridized carbons (Fsp3) is 0.231. The second-order valence-electron chi connectivity index (χ2n) is 7.94. The van der Waals surface area contributed by atoms with Gasteiger partial charge in [0.1, 0.15) is 23.9 Å². The van der Waals surface area contributed by atoms with E-state index in [4.69, 9.17) is 4.74 Å². The van der Waals surface area contributed by atoms with E-state index in [1.165, 1.54) is 24.3 Å². The van der Waals surface area contributed by atoms with Crippen LogP contribution in [0.1, 0.15) is 35.6 Å². The maximum Gasteiger partial charge on any atom is 0.268 e. The third-order valence-corrected chi connectivity index (χ3v) is 6.71. The molecule has 0 bridgehead atoms. The molecule has 0 aromatic heterocycles. The fourth-order valence-corrected chi connectivity index (χ4v) is 4.17. The highest BCUT2D eigenvalue weighted by Crippen LogP contribution is 2.22. The van der Waals surface area contributed by atoms with Crippen molar-refractivity contribution in [1.29, 1.82) is 0 Å². The summed E-state index contributed by atoms with van der Waals surface area (Å²) in [5.41, 5.74) is 2.12. The van der Waals surface area contributed by atoms with Gasteiger partial charge in [-0.25, -0.2) is 0 Å². The zero-order valence-electron chi connectivity index (χ0n) is 18.5. The van der Waals surface area contributed by atoms with E-state index in [0.29, 0.717) is 23.3 Å². The van der Waals surface area contributed by atoms with Gasteiger partial charge in [0, 0.05) is 5.56 Å². The molecule has 0 radical (unpaired) electrons. The second kappa shape index (κ2) is 11.7. The zero-order chi connectivity index (χ0) is 24.6. The molecule has 0 saturated carbocycles. The molecule has 3 rings (SSSR count). The molecule has 0 spiro atoms. The van der Waals surface area contributed by atoms with Gasteiger partial charge in [-0.1, -0.05) is 54.6 Å². The highest BCUT2D eigenvalue weighted by atomic mass is 32.2. The van der Waals surface area contributed by atoms with E-state index in [0.717, 1.165) is 5.56 Å². The summed E-state index contributed by atoms with van der Waals surface area (Å²) >= 11 is 0. The fourth-order valence-electron chi connectivity index (χ4n) is 3.40. The molecular formula is C26H28O7S. The van der Waals surface area contributed by atoms with Gasteiger partial charge in [-0.05, 0) is 60.7 Å². The van der Waals surface area contributed by atoms with Crippen LogP contribution < -0.4 is 4.74 Å². The summed E-state index contributed by atoms with van der Waals surface area (Å²) in [6, 6.07) is 20.2. The van der Waals surface area contributed by atoms with Crippen LogP contribution in [0.15, 0.2) is 84.9 Å². The Morgan fingerprint density at radius 3 is 2.24 bits per heavy atom. The minimum Gasteiger partial charge on any atom is -0.508 e. The van der Waals surface area contributed by atoms with Crippen LogP contribution >= 0.6 is 0 Å². The predicted molar refractivity (Wildman–Crippen MR) is 129 cm³/mol. The molecule has 3 aromatic rings. The first-order chi connectivity index (χ1) is 16.2. The average molecular weight is 485 g/mol. The van der Waals surface area contributed by atoms with E-state index in [1.54, 1.807) is 42.5 Å². The average Bonchev–Trinajstić information content (AvgIpc) is 2.81. The Kier molecular flexibility index (Phi) is 8.70. The first kappa shape index (κ1) is 25.3. The summed E-state index contributed by atoms with van der Waals surface area (Å²) < 4.78 is 39.0. The van der Waals surface area contributed by atoms with Gasteiger partial charge in [-0.3, -0.25) is 4.55 Å². The molecule has 8 heteroatoms. The number of rotatable bonds is 11. The number of ether oxygens (including phenoxy) is 1. The van der Waals surface area contributed by atoms with Crippen LogP contribution in [0.3, 0.4) is 0 Å². The highest BCUT2D eigenvalue weighted by Gasteiger charge is 2.21. The molecule has 34 heavy (non-hydrogen) atoms. The highest BCUT2D eigenvalue weighted by molar-refractivity contribution is 7.86. The molecule has 2 atom stereocenters. The zero-order valence-corrected chi connectivity index (χ0v) is 19.3. The van der Waals surface area contributed by atoms with Gasteiger partial charge < -0.3 is 20.1 Å². The summed E-state index contributed by atoms with van der Waals surface area (Å²) in [6.45, 7) is 0.221. The van der Waals surface area contributed by atoms with Gasteiger partial charge in [0.05, 0.1) is 11.4 Å². The Balaban J connectivity index is 1.53. The topological polar surface area (TPSA) is 124 Å². The van der Waals surface area contributed by atoms with Crippen molar-refractivity contribution >= 4 is 10.1 Å². The normalized spacial score (nSPS) is 13.6. The molecule has 0 aliphatic rings. The van der Waals surface area contributed by atoms with E-state index in [9.17, 15) is 28.3 Å². The third-order valence-electron chi connectivity index (χ3n) is 5.44. The molecular weight excluding hydrogens is 456 g/mol. The van der Waals surface area contributed by atoms with Gasteiger partial charge in [0.2, 0.25) is 0 Å². The van der Waals surface area contributed by atoms with Crippen LogP contribution in [0.4, 0.5) is 0 Å². The summed E-state index contributed by atoms with van der Waals surface area (Å²) in [5.74, 6) is 0.867. The first-order valence-electron chi connectivity index (χ1n) is 10.8. The molecule has 0 saturated heterocycles. The lowest BCUT2D eigenvalue weighted by molar-refractivity contribution is 0.228. The van der Waals surface area contributed by atoms with E-state index in [2.05, 4.69) is 0 Å². The number of aromatic hydroxyl groups is 2. The summed E-state index contributed by atoms with van der Waals surface area (Å²) in [5, 5.41) is 28.3. The largest absolute Gasteiger partial charge is 0.508 e. The minimum atomic E-state index is -4.27. The molecule has 3 aromatic carbocycles. The number of aliphatic hydroxyl groups is 1. The molecule has 0 aliphatic heterocycles. The number of para-hydroxylation sites is 1.